The highest BCUT2D eigenvalue weighted by Crippen LogP contribution is 2.25. The summed E-state index contributed by atoms with van der Waals surface area (Å²) in [6.07, 6.45) is 0. The molecule has 0 bridgehead atoms. The maximum absolute atomic E-state index is 13.1. The highest BCUT2D eigenvalue weighted by molar-refractivity contribution is 7.91. The van der Waals surface area contributed by atoms with Crippen molar-refractivity contribution in [3.63, 3.8) is 0 Å². The molecular weight excluding hydrogens is 388 g/mol. The Bertz CT molecular complexity index is 844. The summed E-state index contributed by atoms with van der Waals surface area (Å²) in [5.41, 5.74) is 0.595. The summed E-state index contributed by atoms with van der Waals surface area (Å²) in [7, 11) is -3.33. The summed E-state index contributed by atoms with van der Waals surface area (Å²) >= 11 is 11.9. The van der Waals surface area contributed by atoms with Gasteiger partial charge >= 0.3 is 0 Å². The number of hydrogen-bond acceptors (Lipinski definition) is 4. The molecule has 0 aliphatic rings. The zero-order chi connectivity index (χ0) is 18.4. The van der Waals surface area contributed by atoms with E-state index in [1.165, 1.54) is 24.3 Å². The topological polar surface area (TPSA) is 55.4 Å². The van der Waals surface area contributed by atoms with E-state index in [2.05, 4.69) is 5.32 Å². The van der Waals surface area contributed by atoms with Gasteiger partial charge in [0.15, 0.2) is 9.84 Å². The SMILES string of the molecule is CCS(=O)(=O)c1ccc(Cl)cc1CNCCOc1cc(F)ccc1Cl. The molecule has 0 heterocycles. The fourth-order valence-electron chi connectivity index (χ4n) is 2.19. The second kappa shape index (κ2) is 8.85. The van der Waals surface area contributed by atoms with Gasteiger partial charge in [-0.25, -0.2) is 12.8 Å². The van der Waals surface area contributed by atoms with Gasteiger partial charge in [-0.3, -0.25) is 0 Å². The van der Waals surface area contributed by atoms with Crippen molar-refractivity contribution < 1.29 is 17.5 Å². The fraction of sp³-hybridized carbons (Fsp3) is 0.294. The third-order valence-corrected chi connectivity index (χ3v) is 5.86. The van der Waals surface area contributed by atoms with Gasteiger partial charge in [0.2, 0.25) is 0 Å². The largest absolute Gasteiger partial charge is 0.491 e. The van der Waals surface area contributed by atoms with Crippen molar-refractivity contribution in [1.29, 1.82) is 0 Å². The van der Waals surface area contributed by atoms with E-state index in [1.54, 1.807) is 19.1 Å². The second-order valence-electron chi connectivity index (χ2n) is 5.26. The lowest BCUT2D eigenvalue weighted by molar-refractivity contribution is 0.312. The van der Waals surface area contributed by atoms with Crippen LogP contribution < -0.4 is 10.1 Å². The van der Waals surface area contributed by atoms with E-state index in [0.717, 1.165) is 0 Å². The van der Waals surface area contributed by atoms with Crippen LogP contribution in [-0.2, 0) is 16.4 Å². The first-order valence-corrected chi connectivity index (χ1v) is 10.0. The molecule has 0 unspecified atom stereocenters. The molecule has 2 aromatic rings. The average molecular weight is 406 g/mol. The first-order valence-electron chi connectivity index (χ1n) is 7.63. The molecule has 4 nitrogen and oxygen atoms in total. The van der Waals surface area contributed by atoms with Crippen molar-refractivity contribution in [2.45, 2.75) is 18.4 Å². The van der Waals surface area contributed by atoms with Crippen LogP contribution in [0.3, 0.4) is 0 Å². The first kappa shape index (κ1) is 20.0. The Morgan fingerprint density at radius 2 is 1.92 bits per heavy atom. The molecule has 2 aromatic carbocycles. The van der Waals surface area contributed by atoms with E-state index in [-0.39, 0.29) is 23.0 Å². The van der Waals surface area contributed by atoms with Gasteiger partial charge in [0, 0.05) is 24.2 Å². The predicted molar refractivity (Wildman–Crippen MR) is 97.8 cm³/mol. The van der Waals surface area contributed by atoms with E-state index < -0.39 is 15.7 Å². The van der Waals surface area contributed by atoms with Gasteiger partial charge in [0.1, 0.15) is 18.2 Å². The van der Waals surface area contributed by atoms with Crippen LogP contribution in [0.1, 0.15) is 12.5 Å². The van der Waals surface area contributed by atoms with Crippen molar-refractivity contribution in [2.75, 3.05) is 18.9 Å². The summed E-state index contributed by atoms with van der Waals surface area (Å²) < 4.78 is 42.8. The Morgan fingerprint density at radius 3 is 2.64 bits per heavy atom. The highest BCUT2D eigenvalue weighted by atomic mass is 35.5. The minimum atomic E-state index is -3.33. The molecule has 136 valence electrons. The van der Waals surface area contributed by atoms with Gasteiger partial charge in [0.25, 0.3) is 0 Å². The monoisotopic (exact) mass is 405 g/mol. The van der Waals surface area contributed by atoms with Crippen molar-refractivity contribution in [2.24, 2.45) is 0 Å². The normalized spacial score (nSPS) is 11.5. The lowest BCUT2D eigenvalue weighted by Crippen LogP contribution is -2.22. The minimum absolute atomic E-state index is 0.0167. The Morgan fingerprint density at radius 1 is 1.16 bits per heavy atom. The lowest BCUT2D eigenvalue weighted by Gasteiger charge is -2.12. The number of halogens is 3. The number of nitrogens with one attached hydrogen (secondary N) is 1. The smallest absolute Gasteiger partial charge is 0.178 e. The fourth-order valence-corrected chi connectivity index (χ4v) is 3.67. The van der Waals surface area contributed by atoms with Gasteiger partial charge in [-0.15, -0.1) is 0 Å². The van der Waals surface area contributed by atoms with Crippen LogP contribution in [0.4, 0.5) is 4.39 Å². The molecule has 8 heteroatoms. The molecular formula is C17H18Cl2FNO3S. The summed E-state index contributed by atoms with van der Waals surface area (Å²) in [6.45, 7) is 2.58. The number of ether oxygens (including phenoxy) is 1. The van der Waals surface area contributed by atoms with Crippen LogP contribution in [-0.4, -0.2) is 27.3 Å². The zero-order valence-electron chi connectivity index (χ0n) is 13.6. The molecule has 0 saturated carbocycles. The van der Waals surface area contributed by atoms with Crippen molar-refractivity contribution in [3.05, 3.63) is 57.8 Å². The Labute approximate surface area is 156 Å². The molecule has 0 aromatic heterocycles. The van der Waals surface area contributed by atoms with Crippen LogP contribution in [0.25, 0.3) is 0 Å². The van der Waals surface area contributed by atoms with Crippen LogP contribution in [0.15, 0.2) is 41.3 Å². The average Bonchev–Trinajstić information content (AvgIpc) is 2.57. The third-order valence-electron chi connectivity index (χ3n) is 3.48. The van der Waals surface area contributed by atoms with Gasteiger partial charge in [-0.1, -0.05) is 30.1 Å². The molecule has 0 amide bonds. The van der Waals surface area contributed by atoms with E-state index in [1.807, 2.05) is 0 Å². The van der Waals surface area contributed by atoms with Gasteiger partial charge in [-0.05, 0) is 35.9 Å². The van der Waals surface area contributed by atoms with Crippen molar-refractivity contribution in [3.8, 4) is 5.75 Å². The summed E-state index contributed by atoms with van der Waals surface area (Å²) in [5, 5.41) is 3.88. The Hall–Kier alpha value is -1.34. The number of rotatable bonds is 8. The molecule has 0 saturated heterocycles. The summed E-state index contributed by atoms with van der Waals surface area (Å²) in [6, 6.07) is 8.59. The zero-order valence-corrected chi connectivity index (χ0v) is 15.9. The van der Waals surface area contributed by atoms with Crippen LogP contribution >= 0.6 is 23.2 Å². The standard InChI is InChI=1S/C17H18Cl2FNO3S/c1-2-25(22,23)17-6-3-13(18)9-12(17)11-21-7-8-24-16-10-14(20)4-5-15(16)19/h3-6,9-10,21H,2,7-8,11H2,1H3. The third kappa shape index (κ3) is 5.57. The van der Waals surface area contributed by atoms with E-state index in [9.17, 15) is 12.8 Å². The summed E-state index contributed by atoms with van der Waals surface area (Å²) in [4.78, 5) is 0.265. The Balaban J connectivity index is 1.94. The molecule has 0 fully saturated rings. The molecule has 0 aliphatic heterocycles. The van der Waals surface area contributed by atoms with E-state index in [0.29, 0.717) is 28.7 Å². The van der Waals surface area contributed by atoms with Crippen molar-refractivity contribution in [1.82, 2.24) is 5.32 Å². The molecule has 2 rings (SSSR count). The van der Waals surface area contributed by atoms with Crippen LogP contribution in [0.2, 0.25) is 10.0 Å². The van der Waals surface area contributed by atoms with Gasteiger partial charge in [0.05, 0.1) is 15.7 Å². The number of sulfone groups is 1. The Kier molecular flexibility index (Phi) is 7.07. The molecule has 0 atom stereocenters. The quantitative estimate of drug-likeness (QED) is 0.671. The lowest BCUT2D eigenvalue weighted by atomic mass is 10.2. The minimum Gasteiger partial charge on any atom is -0.491 e. The van der Waals surface area contributed by atoms with Gasteiger partial charge in [-0.2, -0.15) is 0 Å². The maximum atomic E-state index is 13.1. The second-order valence-corrected chi connectivity index (χ2v) is 8.35. The van der Waals surface area contributed by atoms with E-state index >= 15 is 0 Å². The molecule has 0 aliphatic carbocycles. The first-order chi connectivity index (χ1) is 11.8. The van der Waals surface area contributed by atoms with Gasteiger partial charge < -0.3 is 10.1 Å². The van der Waals surface area contributed by atoms with E-state index in [4.69, 9.17) is 27.9 Å². The number of hydrogen-bond donors (Lipinski definition) is 1. The summed E-state index contributed by atoms with van der Waals surface area (Å²) in [5.74, 6) is -0.149. The molecule has 1 N–H and O–H groups in total. The molecule has 25 heavy (non-hydrogen) atoms. The van der Waals surface area contributed by atoms with Crippen molar-refractivity contribution >= 4 is 33.0 Å². The van der Waals surface area contributed by atoms with Crippen LogP contribution in [0, 0.1) is 5.82 Å². The maximum Gasteiger partial charge on any atom is 0.178 e. The predicted octanol–water partition coefficient (Wildman–Crippen LogP) is 4.09. The molecule has 0 spiro atoms. The molecule has 0 radical (unpaired) electrons. The number of benzene rings is 2. The van der Waals surface area contributed by atoms with Crippen LogP contribution in [0.5, 0.6) is 5.75 Å². The highest BCUT2D eigenvalue weighted by Gasteiger charge is 2.16.